The molecule has 0 aromatic heterocycles. The molecule has 100 valence electrons. The predicted molar refractivity (Wildman–Crippen MR) is 70.0 cm³/mol. The van der Waals surface area contributed by atoms with Crippen molar-refractivity contribution in [3.05, 3.63) is 53.8 Å². The van der Waals surface area contributed by atoms with Crippen molar-refractivity contribution in [3.8, 4) is 17.2 Å². The Morgan fingerprint density at radius 3 is 2.37 bits per heavy atom. The monoisotopic (exact) mass is 262 g/mol. The molecule has 0 atom stereocenters. The number of aliphatic hydroxyl groups excluding tert-OH is 1. The van der Waals surface area contributed by atoms with E-state index >= 15 is 0 Å². The summed E-state index contributed by atoms with van der Waals surface area (Å²) in [6.07, 6.45) is 0. The van der Waals surface area contributed by atoms with Gasteiger partial charge >= 0.3 is 0 Å². The second kappa shape index (κ2) is 6.20. The van der Waals surface area contributed by atoms with Gasteiger partial charge in [-0.1, -0.05) is 18.2 Å². The molecule has 0 unspecified atom stereocenters. The van der Waals surface area contributed by atoms with E-state index in [4.69, 9.17) is 14.6 Å². The topological polar surface area (TPSA) is 38.7 Å². The Bertz CT molecular complexity index is 538. The number of rotatable bonds is 5. The van der Waals surface area contributed by atoms with Crippen molar-refractivity contribution in [2.45, 2.75) is 13.5 Å². The summed E-state index contributed by atoms with van der Waals surface area (Å²) in [7, 11) is 0. The average molecular weight is 262 g/mol. The molecule has 0 saturated carbocycles. The van der Waals surface area contributed by atoms with Crippen LogP contribution in [0, 0.1) is 5.82 Å². The van der Waals surface area contributed by atoms with Gasteiger partial charge in [0.05, 0.1) is 13.2 Å². The van der Waals surface area contributed by atoms with E-state index in [1.807, 2.05) is 0 Å². The van der Waals surface area contributed by atoms with Crippen LogP contribution in [0.3, 0.4) is 0 Å². The van der Waals surface area contributed by atoms with Crippen LogP contribution in [0.5, 0.6) is 17.2 Å². The summed E-state index contributed by atoms with van der Waals surface area (Å²) in [4.78, 5) is 0. The van der Waals surface area contributed by atoms with E-state index in [1.54, 1.807) is 43.3 Å². The first-order chi connectivity index (χ1) is 9.24. The highest BCUT2D eigenvalue weighted by Gasteiger charge is 2.10. The van der Waals surface area contributed by atoms with Crippen LogP contribution >= 0.6 is 0 Å². The van der Waals surface area contributed by atoms with Crippen molar-refractivity contribution >= 4 is 0 Å². The Kier molecular flexibility index (Phi) is 4.36. The Morgan fingerprint density at radius 2 is 1.74 bits per heavy atom. The average Bonchev–Trinajstić information content (AvgIpc) is 2.44. The summed E-state index contributed by atoms with van der Waals surface area (Å²) in [5.74, 6) is 0.273. The lowest BCUT2D eigenvalue weighted by Crippen LogP contribution is -1.96. The van der Waals surface area contributed by atoms with Gasteiger partial charge in [-0.15, -0.1) is 0 Å². The van der Waals surface area contributed by atoms with E-state index < -0.39 is 5.82 Å². The summed E-state index contributed by atoms with van der Waals surface area (Å²) in [5, 5.41) is 8.94. The summed E-state index contributed by atoms with van der Waals surface area (Å²) >= 11 is 0. The molecule has 0 amide bonds. The largest absolute Gasteiger partial charge is 0.491 e. The van der Waals surface area contributed by atoms with Gasteiger partial charge in [-0.2, -0.15) is 4.39 Å². The maximum absolute atomic E-state index is 14.0. The van der Waals surface area contributed by atoms with Gasteiger partial charge in [0.1, 0.15) is 5.75 Å². The normalized spacial score (nSPS) is 10.3. The Balaban J connectivity index is 2.20. The van der Waals surface area contributed by atoms with Gasteiger partial charge in [0.2, 0.25) is 5.82 Å². The molecule has 0 bridgehead atoms. The SMILES string of the molecule is CCOc1cccc(Oc2ccc(CO)cc2)c1F. The van der Waals surface area contributed by atoms with Crippen molar-refractivity contribution in [2.24, 2.45) is 0 Å². The predicted octanol–water partition coefficient (Wildman–Crippen LogP) is 3.51. The van der Waals surface area contributed by atoms with Crippen LogP contribution in [0.2, 0.25) is 0 Å². The molecule has 0 radical (unpaired) electrons. The zero-order chi connectivity index (χ0) is 13.7. The van der Waals surface area contributed by atoms with Gasteiger partial charge in [-0.25, -0.2) is 0 Å². The van der Waals surface area contributed by atoms with E-state index in [2.05, 4.69) is 0 Å². The van der Waals surface area contributed by atoms with Crippen molar-refractivity contribution in [2.75, 3.05) is 6.61 Å². The van der Waals surface area contributed by atoms with Crippen molar-refractivity contribution < 1.29 is 19.0 Å². The van der Waals surface area contributed by atoms with Gasteiger partial charge in [0.25, 0.3) is 0 Å². The minimum absolute atomic E-state index is 0.0333. The van der Waals surface area contributed by atoms with Gasteiger partial charge in [-0.3, -0.25) is 0 Å². The first-order valence-electron chi connectivity index (χ1n) is 6.03. The smallest absolute Gasteiger partial charge is 0.207 e. The van der Waals surface area contributed by atoms with Gasteiger partial charge in [-0.05, 0) is 36.8 Å². The lowest BCUT2D eigenvalue weighted by Gasteiger charge is -2.10. The van der Waals surface area contributed by atoms with E-state index in [9.17, 15) is 4.39 Å². The highest BCUT2D eigenvalue weighted by Crippen LogP contribution is 2.30. The molecule has 0 spiro atoms. The van der Waals surface area contributed by atoms with Crippen LogP contribution in [0.4, 0.5) is 4.39 Å². The molecule has 0 heterocycles. The summed E-state index contributed by atoms with van der Waals surface area (Å²) in [5.41, 5.74) is 0.774. The van der Waals surface area contributed by atoms with Gasteiger partial charge in [0, 0.05) is 0 Å². The molecule has 0 aliphatic carbocycles. The minimum atomic E-state index is -0.518. The molecule has 2 aromatic rings. The molecule has 0 aliphatic heterocycles. The lowest BCUT2D eigenvalue weighted by atomic mass is 10.2. The van der Waals surface area contributed by atoms with Crippen LogP contribution < -0.4 is 9.47 Å². The highest BCUT2D eigenvalue weighted by atomic mass is 19.1. The second-order valence-corrected chi connectivity index (χ2v) is 3.91. The maximum Gasteiger partial charge on any atom is 0.207 e. The van der Waals surface area contributed by atoms with Crippen molar-refractivity contribution in [1.29, 1.82) is 0 Å². The summed E-state index contributed by atoms with van der Waals surface area (Å²) < 4.78 is 24.6. The Labute approximate surface area is 111 Å². The van der Waals surface area contributed by atoms with Crippen molar-refractivity contribution in [3.63, 3.8) is 0 Å². The standard InChI is InChI=1S/C15H15FO3/c1-2-18-13-4-3-5-14(15(13)16)19-12-8-6-11(10-17)7-9-12/h3-9,17H,2,10H2,1H3. The first kappa shape index (κ1) is 13.4. The third-order valence-electron chi connectivity index (χ3n) is 2.56. The molecule has 2 rings (SSSR count). The van der Waals surface area contributed by atoms with Crippen molar-refractivity contribution in [1.82, 2.24) is 0 Å². The fourth-order valence-electron chi connectivity index (χ4n) is 1.63. The number of hydrogen-bond acceptors (Lipinski definition) is 3. The minimum Gasteiger partial charge on any atom is -0.491 e. The van der Waals surface area contributed by atoms with Crippen LogP contribution in [0.25, 0.3) is 0 Å². The number of aliphatic hydroxyl groups is 1. The third kappa shape index (κ3) is 3.23. The molecule has 0 fully saturated rings. The summed E-state index contributed by atoms with van der Waals surface area (Å²) in [6.45, 7) is 2.15. The van der Waals surface area contributed by atoms with E-state index in [-0.39, 0.29) is 18.1 Å². The lowest BCUT2D eigenvalue weighted by molar-refractivity contribution is 0.281. The Hall–Kier alpha value is -2.07. The molecular weight excluding hydrogens is 247 g/mol. The maximum atomic E-state index is 14.0. The molecule has 4 heteroatoms. The number of halogens is 1. The van der Waals surface area contributed by atoms with E-state index in [0.29, 0.717) is 12.4 Å². The number of hydrogen-bond donors (Lipinski definition) is 1. The number of benzene rings is 2. The molecule has 0 saturated heterocycles. The molecular formula is C15H15FO3. The van der Waals surface area contributed by atoms with E-state index in [1.165, 1.54) is 6.07 Å². The van der Waals surface area contributed by atoms with Crippen LogP contribution in [-0.2, 0) is 6.61 Å². The second-order valence-electron chi connectivity index (χ2n) is 3.91. The molecule has 19 heavy (non-hydrogen) atoms. The summed E-state index contributed by atoms with van der Waals surface area (Å²) in [6, 6.07) is 11.6. The Morgan fingerprint density at radius 1 is 1.05 bits per heavy atom. The van der Waals surface area contributed by atoms with Crippen LogP contribution in [-0.4, -0.2) is 11.7 Å². The van der Waals surface area contributed by atoms with E-state index in [0.717, 1.165) is 5.56 Å². The number of ether oxygens (including phenoxy) is 2. The zero-order valence-corrected chi connectivity index (χ0v) is 10.6. The van der Waals surface area contributed by atoms with Gasteiger partial charge < -0.3 is 14.6 Å². The third-order valence-corrected chi connectivity index (χ3v) is 2.56. The highest BCUT2D eigenvalue weighted by molar-refractivity contribution is 5.39. The molecule has 3 nitrogen and oxygen atoms in total. The molecule has 1 N–H and O–H groups in total. The fraction of sp³-hybridized carbons (Fsp3) is 0.200. The fourth-order valence-corrected chi connectivity index (χ4v) is 1.63. The first-order valence-corrected chi connectivity index (χ1v) is 6.03. The quantitative estimate of drug-likeness (QED) is 0.896. The van der Waals surface area contributed by atoms with Crippen LogP contribution in [0.1, 0.15) is 12.5 Å². The van der Waals surface area contributed by atoms with Crippen LogP contribution in [0.15, 0.2) is 42.5 Å². The molecule has 0 aliphatic rings. The zero-order valence-electron chi connectivity index (χ0n) is 10.6. The van der Waals surface area contributed by atoms with Gasteiger partial charge in [0.15, 0.2) is 11.5 Å². The molecule has 2 aromatic carbocycles.